The van der Waals surface area contributed by atoms with Crippen molar-refractivity contribution in [2.24, 2.45) is 5.10 Å². The number of sulfonamides is 1. The van der Waals surface area contributed by atoms with Gasteiger partial charge in [-0.1, -0.05) is 41.9 Å². The first-order chi connectivity index (χ1) is 19.1. The second-order valence-corrected chi connectivity index (χ2v) is 13.1. The van der Waals surface area contributed by atoms with Gasteiger partial charge >= 0.3 is 5.97 Å². The smallest absolute Gasteiger partial charge is 0.327 e. The molecule has 1 N–H and O–H groups in total. The highest BCUT2D eigenvalue weighted by Crippen LogP contribution is 2.33. The molecule has 1 amide bonds. The second kappa shape index (κ2) is 11.8. The van der Waals surface area contributed by atoms with Gasteiger partial charge in [-0.3, -0.25) is 9.80 Å². The van der Waals surface area contributed by atoms with Gasteiger partial charge in [0.25, 0.3) is 10.0 Å². The summed E-state index contributed by atoms with van der Waals surface area (Å²) >= 11 is 7.05. The SMILES string of the molecule is CN(CC1OCCO1)N=Cc1ccc(CN2C(=O)CN(S(=O)(=O)c3cc4ccc(Cl)cc4s3)C[C@@H]2C(=O)O)cc1. The molecule has 1 atom stereocenters. The van der Waals surface area contributed by atoms with Crippen molar-refractivity contribution < 1.29 is 32.6 Å². The lowest BCUT2D eigenvalue weighted by molar-refractivity contribution is -0.154. The summed E-state index contributed by atoms with van der Waals surface area (Å²) in [5, 5.41) is 17.2. The summed E-state index contributed by atoms with van der Waals surface area (Å²) in [6, 6.07) is 12.4. The van der Waals surface area contributed by atoms with E-state index in [0.29, 0.717) is 40.4 Å². The zero-order chi connectivity index (χ0) is 28.4. The quantitative estimate of drug-likeness (QED) is 0.291. The van der Waals surface area contributed by atoms with Crippen molar-refractivity contribution in [3.8, 4) is 0 Å². The number of aliphatic carboxylic acids is 1. The molecule has 0 bridgehead atoms. The maximum absolute atomic E-state index is 13.4. The minimum Gasteiger partial charge on any atom is -0.480 e. The number of rotatable bonds is 9. The van der Waals surface area contributed by atoms with Crippen LogP contribution in [-0.2, 0) is 35.6 Å². The number of hydrogen-bond donors (Lipinski definition) is 1. The number of hydrazone groups is 1. The number of halogens is 1. The van der Waals surface area contributed by atoms with Gasteiger partial charge < -0.3 is 19.5 Å². The lowest BCUT2D eigenvalue weighted by Gasteiger charge is -2.38. The van der Waals surface area contributed by atoms with Crippen molar-refractivity contribution in [1.29, 1.82) is 0 Å². The number of carboxylic acid groups (broad SMARTS) is 1. The maximum Gasteiger partial charge on any atom is 0.327 e. The Morgan fingerprint density at radius 3 is 2.62 bits per heavy atom. The highest BCUT2D eigenvalue weighted by atomic mass is 35.5. The molecule has 2 aliphatic rings. The number of fused-ring (bicyclic) bond motifs is 1. The largest absolute Gasteiger partial charge is 0.480 e. The van der Waals surface area contributed by atoms with Gasteiger partial charge in [0.15, 0.2) is 6.29 Å². The van der Waals surface area contributed by atoms with Crippen LogP contribution in [0.3, 0.4) is 0 Å². The molecule has 0 aliphatic carbocycles. The third-order valence-corrected chi connectivity index (χ3v) is 10.2. The van der Waals surface area contributed by atoms with Gasteiger partial charge in [0.2, 0.25) is 5.91 Å². The van der Waals surface area contributed by atoms with Crippen molar-refractivity contribution in [1.82, 2.24) is 14.2 Å². The maximum atomic E-state index is 13.4. The molecule has 14 heteroatoms. The summed E-state index contributed by atoms with van der Waals surface area (Å²) in [6.07, 6.45) is 1.37. The second-order valence-electron chi connectivity index (χ2n) is 9.42. The highest BCUT2D eigenvalue weighted by Gasteiger charge is 2.42. The molecule has 0 radical (unpaired) electrons. The standard InChI is InChI=1S/C26H27ClN4O7S2/c1-29(16-24-37-8-9-38-24)28-12-17-2-4-18(5-3-17)13-31-21(26(33)34)14-30(15-23(31)32)40(35,36)25-10-19-6-7-20(27)11-22(19)39-25/h2-7,10-12,21,24H,8-9,13-16H2,1H3,(H,33,34)/t21-/m1/s1. The summed E-state index contributed by atoms with van der Waals surface area (Å²) in [5.41, 5.74) is 1.51. The number of thiophene rings is 1. The van der Waals surface area contributed by atoms with Crippen LogP contribution in [0.2, 0.25) is 5.02 Å². The van der Waals surface area contributed by atoms with Crippen LogP contribution in [0.15, 0.2) is 57.8 Å². The lowest BCUT2D eigenvalue weighted by Crippen LogP contribution is -2.59. The molecule has 3 aromatic rings. The summed E-state index contributed by atoms with van der Waals surface area (Å²) in [4.78, 5) is 26.5. The predicted octanol–water partition coefficient (Wildman–Crippen LogP) is 2.68. The van der Waals surface area contributed by atoms with Crippen LogP contribution in [-0.4, -0.2) is 98.1 Å². The van der Waals surface area contributed by atoms with Crippen molar-refractivity contribution in [3.63, 3.8) is 0 Å². The summed E-state index contributed by atoms with van der Waals surface area (Å²) in [5.74, 6) is -1.87. The number of likely N-dealkylation sites (N-methyl/N-ethyl adjacent to an activating group) is 1. The monoisotopic (exact) mass is 606 g/mol. The van der Waals surface area contributed by atoms with E-state index in [4.69, 9.17) is 21.1 Å². The topological polar surface area (TPSA) is 129 Å². The fourth-order valence-corrected chi connectivity index (χ4v) is 7.67. The van der Waals surface area contributed by atoms with Crippen molar-refractivity contribution >= 4 is 61.1 Å². The summed E-state index contributed by atoms with van der Waals surface area (Å²) in [6.45, 7) is 0.852. The van der Waals surface area contributed by atoms with Crippen LogP contribution < -0.4 is 0 Å². The van der Waals surface area contributed by atoms with E-state index in [1.165, 1.54) is 11.0 Å². The van der Waals surface area contributed by atoms with E-state index in [2.05, 4.69) is 5.10 Å². The zero-order valence-electron chi connectivity index (χ0n) is 21.5. The van der Waals surface area contributed by atoms with E-state index in [1.54, 1.807) is 41.6 Å². The molecule has 2 fully saturated rings. The van der Waals surface area contributed by atoms with Crippen LogP contribution >= 0.6 is 22.9 Å². The average Bonchev–Trinajstić information content (AvgIpc) is 3.59. The van der Waals surface area contributed by atoms with Gasteiger partial charge in [0.1, 0.15) is 10.3 Å². The van der Waals surface area contributed by atoms with E-state index in [1.807, 2.05) is 19.2 Å². The fourth-order valence-electron chi connectivity index (χ4n) is 4.45. The third-order valence-electron chi connectivity index (χ3n) is 6.56. The summed E-state index contributed by atoms with van der Waals surface area (Å²) in [7, 11) is -2.29. The first kappa shape index (κ1) is 28.5. The Morgan fingerprint density at radius 2 is 1.93 bits per heavy atom. The number of carboxylic acids is 1. The van der Waals surface area contributed by atoms with Gasteiger partial charge in [-0.2, -0.15) is 9.41 Å². The van der Waals surface area contributed by atoms with Crippen molar-refractivity contribution in [2.75, 3.05) is 39.9 Å². The molecule has 2 aliphatic heterocycles. The van der Waals surface area contributed by atoms with E-state index in [9.17, 15) is 23.1 Å². The molecule has 0 unspecified atom stereocenters. The van der Waals surface area contributed by atoms with E-state index in [-0.39, 0.29) is 23.6 Å². The summed E-state index contributed by atoms with van der Waals surface area (Å²) < 4.78 is 39.2. The fraction of sp³-hybridized carbons (Fsp3) is 0.346. The number of amides is 1. The number of piperazine rings is 1. The Bertz CT molecular complexity index is 1540. The minimum atomic E-state index is -4.10. The van der Waals surface area contributed by atoms with Crippen molar-refractivity contribution in [3.05, 3.63) is 64.7 Å². The van der Waals surface area contributed by atoms with Crippen LogP contribution in [0.1, 0.15) is 11.1 Å². The molecular weight excluding hydrogens is 580 g/mol. The normalized spacial score (nSPS) is 19.2. The number of carbonyl (C=O) groups excluding carboxylic acids is 1. The Kier molecular flexibility index (Phi) is 8.40. The lowest BCUT2D eigenvalue weighted by atomic mass is 10.1. The van der Waals surface area contributed by atoms with Gasteiger partial charge in [-0.05, 0) is 34.7 Å². The molecule has 0 saturated carbocycles. The minimum absolute atomic E-state index is 0.0265. The molecule has 2 aromatic carbocycles. The number of carbonyl (C=O) groups is 2. The first-order valence-corrected chi connectivity index (χ1v) is 15.0. The van der Waals surface area contributed by atoms with E-state index < -0.39 is 34.5 Å². The van der Waals surface area contributed by atoms with Gasteiger partial charge in [-0.25, -0.2) is 13.2 Å². The zero-order valence-corrected chi connectivity index (χ0v) is 23.9. The molecular formula is C26H27ClN4O7S2. The van der Waals surface area contributed by atoms with E-state index >= 15 is 0 Å². The predicted molar refractivity (Wildman–Crippen MR) is 150 cm³/mol. The molecule has 212 valence electrons. The molecule has 40 heavy (non-hydrogen) atoms. The molecule has 5 rings (SSSR count). The number of benzene rings is 2. The molecule has 0 spiro atoms. The van der Waals surface area contributed by atoms with Crippen molar-refractivity contribution in [2.45, 2.75) is 23.1 Å². The number of ether oxygens (including phenoxy) is 2. The Morgan fingerprint density at radius 1 is 1.20 bits per heavy atom. The molecule has 2 saturated heterocycles. The number of hydrogen-bond acceptors (Lipinski definition) is 9. The Balaban J connectivity index is 1.26. The Hall–Kier alpha value is -3.07. The van der Waals surface area contributed by atoms with Crippen LogP contribution in [0.5, 0.6) is 0 Å². The van der Waals surface area contributed by atoms with Crippen LogP contribution in [0.25, 0.3) is 10.1 Å². The third kappa shape index (κ3) is 6.29. The highest BCUT2D eigenvalue weighted by molar-refractivity contribution is 7.91. The Labute approximate surface area is 240 Å². The van der Waals surface area contributed by atoms with Gasteiger partial charge in [0.05, 0.1) is 32.5 Å². The van der Waals surface area contributed by atoms with E-state index in [0.717, 1.165) is 21.2 Å². The molecule has 1 aromatic heterocycles. The average molecular weight is 607 g/mol. The first-order valence-electron chi connectivity index (χ1n) is 12.4. The molecule has 11 nitrogen and oxygen atoms in total. The van der Waals surface area contributed by atoms with Gasteiger partial charge in [0, 0.05) is 29.9 Å². The number of nitrogens with zero attached hydrogens (tertiary/aromatic N) is 4. The van der Waals surface area contributed by atoms with Crippen LogP contribution in [0.4, 0.5) is 0 Å². The van der Waals surface area contributed by atoms with Crippen LogP contribution in [0, 0.1) is 0 Å². The molecule has 3 heterocycles. The van der Waals surface area contributed by atoms with Gasteiger partial charge in [-0.15, -0.1) is 11.3 Å².